The van der Waals surface area contributed by atoms with Crippen LogP contribution in [0.25, 0.3) is 0 Å². The van der Waals surface area contributed by atoms with Crippen LogP contribution >= 0.6 is 11.3 Å². The van der Waals surface area contributed by atoms with Crippen molar-refractivity contribution in [2.45, 2.75) is 38.4 Å². The topological polar surface area (TPSA) is 29.5 Å². The van der Waals surface area contributed by atoms with Crippen LogP contribution in [0.5, 0.6) is 0 Å². The number of aliphatic hydroxyl groups is 1. The molecule has 1 aromatic heterocycles. The maximum atomic E-state index is 10.2. The van der Waals surface area contributed by atoms with Gasteiger partial charge in [0.15, 0.2) is 0 Å². The molecule has 1 aromatic rings. The van der Waals surface area contributed by atoms with Crippen molar-refractivity contribution in [2.24, 2.45) is 0 Å². The van der Waals surface area contributed by atoms with Crippen LogP contribution in [0, 0.1) is 6.92 Å². The third-order valence-corrected chi connectivity index (χ3v) is 3.91. The molecule has 2 rings (SSSR count). The molecular weight excluding hydrogens is 196 g/mol. The van der Waals surface area contributed by atoms with Crippen LogP contribution in [0.4, 0.5) is 0 Å². The summed E-state index contributed by atoms with van der Waals surface area (Å²) in [6, 6.07) is 4.04. The maximum Gasteiger partial charge on any atom is 0.117 e. The monoisotopic (exact) mass is 212 g/mol. The Balaban J connectivity index is 2.18. The van der Waals surface area contributed by atoms with Crippen molar-refractivity contribution in [1.29, 1.82) is 0 Å². The van der Waals surface area contributed by atoms with Gasteiger partial charge in [-0.1, -0.05) is 0 Å². The quantitative estimate of drug-likeness (QED) is 0.816. The molecule has 0 spiro atoms. The van der Waals surface area contributed by atoms with Crippen molar-refractivity contribution in [3.05, 3.63) is 21.9 Å². The Bertz CT molecular complexity index is 313. The SMILES string of the molecule is Cc1ccc(C(O)C2(C)CCCO2)s1. The van der Waals surface area contributed by atoms with E-state index in [4.69, 9.17) is 4.74 Å². The van der Waals surface area contributed by atoms with Gasteiger partial charge in [-0.25, -0.2) is 0 Å². The van der Waals surface area contributed by atoms with Crippen molar-refractivity contribution in [3.8, 4) is 0 Å². The number of ether oxygens (including phenoxy) is 1. The standard InChI is InChI=1S/C11H16O2S/c1-8-4-5-9(14-8)10(12)11(2)6-3-7-13-11/h4-5,10,12H,3,6-7H2,1-2H3. The zero-order valence-electron chi connectivity index (χ0n) is 8.62. The lowest BCUT2D eigenvalue weighted by molar-refractivity contribution is -0.0781. The highest BCUT2D eigenvalue weighted by atomic mass is 32.1. The van der Waals surface area contributed by atoms with Gasteiger partial charge in [0.25, 0.3) is 0 Å². The van der Waals surface area contributed by atoms with Crippen LogP contribution in [0.2, 0.25) is 0 Å². The molecule has 0 radical (unpaired) electrons. The molecule has 1 N–H and O–H groups in total. The molecule has 3 heteroatoms. The van der Waals surface area contributed by atoms with Gasteiger partial charge in [0.1, 0.15) is 6.10 Å². The van der Waals surface area contributed by atoms with Gasteiger partial charge in [0.05, 0.1) is 5.60 Å². The summed E-state index contributed by atoms with van der Waals surface area (Å²) in [5, 5.41) is 10.2. The molecule has 1 aliphatic rings. The van der Waals surface area contributed by atoms with Gasteiger partial charge >= 0.3 is 0 Å². The first-order chi connectivity index (χ1) is 6.62. The summed E-state index contributed by atoms with van der Waals surface area (Å²) in [4.78, 5) is 2.26. The van der Waals surface area contributed by atoms with Crippen molar-refractivity contribution in [3.63, 3.8) is 0 Å². The van der Waals surface area contributed by atoms with Gasteiger partial charge in [-0.15, -0.1) is 11.3 Å². The highest BCUT2D eigenvalue weighted by Gasteiger charge is 2.38. The lowest BCUT2D eigenvalue weighted by Crippen LogP contribution is -2.31. The van der Waals surface area contributed by atoms with E-state index in [2.05, 4.69) is 6.92 Å². The van der Waals surface area contributed by atoms with E-state index in [1.165, 1.54) is 4.88 Å². The summed E-state index contributed by atoms with van der Waals surface area (Å²) in [6.45, 7) is 4.83. The van der Waals surface area contributed by atoms with Crippen LogP contribution in [0.15, 0.2) is 12.1 Å². The minimum absolute atomic E-state index is 0.364. The number of hydrogen-bond acceptors (Lipinski definition) is 3. The Morgan fingerprint density at radius 1 is 1.57 bits per heavy atom. The first-order valence-electron chi connectivity index (χ1n) is 5.00. The first-order valence-corrected chi connectivity index (χ1v) is 5.82. The summed E-state index contributed by atoms with van der Waals surface area (Å²) < 4.78 is 5.62. The van der Waals surface area contributed by atoms with Crippen molar-refractivity contribution >= 4 is 11.3 Å². The van der Waals surface area contributed by atoms with E-state index in [9.17, 15) is 5.11 Å². The van der Waals surface area contributed by atoms with Crippen LogP contribution in [-0.2, 0) is 4.74 Å². The van der Waals surface area contributed by atoms with E-state index in [0.717, 1.165) is 24.3 Å². The molecule has 78 valence electrons. The molecule has 0 bridgehead atoms. The van der Waals surface area contributed by atoms with E-state index in [-0.39, 0.29) is 5.60 Å². The molecule has 2 unspecified atom stereocenters. The Labute approximate surface area is 88.5 Å². The Kier molecular flexibility index (Phi) is 2.64. The van der Waals surface area contributed by atoms with Gasteiger partial charge < -0.3 is 9.84 Å². The normalized spacial score (nSPS) is 29.4. The highest BCUT2D eigenvalue weighted by Crippen LogP contribution is 2.39. The molecule has 1 aliphatic heterocycles. The fourth-order valence-corrected chi connectivity index (χ4v) is 2.92. The summed E-state index contributed by atoms with van der Waals surface area (Å²) in [7, 11) is 0. The molecule has 1 saturated heterocycles. The molecule has 14 heavy (non-hydrogen) atoms. The molecule has 2 heterocycles. The van der Waals surface area contributed by atoms with Gasteiger partial charge in [-0.05, 0) is 38.8 Å². The van der Waals surface area contributed by atoms with Crippen LogP contribution in [-0.4, -0.2) is 17.3 Å². The van der Waals surface area contributed by atoms with Gasteiger partial charge in [-0.2, -0.15) is 0 Å². The Morgan fingerprint density at radius 3 is 2.86 bits per heavy atom. The average Bonchev–Trinajstić information content (AvgIpc) is 2.74. The van der Waals surface area contributed by atoms with Crippen LogP contribution < -0.4 is 0 Å². The van der Waals surface area contributed by atoms with Crippen LogP contribution in [0.1, 0.15) is 35.6 Å². The number of aryl methyl sites for hydroxylation is 1. The van der Waals surface area contributed by atoms with E-state index in [0.29, 0.717) is 0 Å². The molecule has 2 nitrogen and oxygen atoms in total. The second kappa shape index (κ2) is 3.65. The second-order valence-corrected chi connectivity index (χ2v) is 5.44. The fourth-order valence-electron chi connectivity index (χ4n) is 1.92. The van der Waals surface area contributed by atoms with E-state index < -0.39 is 6.10 Å². The minimum Gasteiger partial charge on any atom is -0.385 e. The Hall–Kier alpha value is -0.380. The molecule has 1 fully saturated rings. The van der Waals surface area contributed by atoms with Crippen molar-refractivity contribution < 1.29 is 9.84 Å². The molecular formula is C11H16O2S. The number of thiophene rings is 1. The third-order valence-electron chi connectivity index (χ3n) is 2.86. The summed E-state index contributed by atoms with van der Waals surface area (Å²) >= 11 is 1.65. The number of rotatable bonds is 2. The second-order valence-electron chi connectivity index (χ2n) is 4.12. The van der Waals surface area contributed by atoms with Crippen LogP contribution in [0.3, 0.4) is 0 Å². The van der Waals surface area contributed by atoms with Gasteiger partial charge in [0, 0.05) is 16.4 Å². The van der Waals surface area contributed by atoms with E-state index in [1.54, 1.807) is 11.3 Å². The first kappa shape index (κ1) is 10.1. The predicted molar refractivity (Wildman–Crippen MR) is 57.6 cm³/mol. The summed E-state index contributed by atoms with van der Waals surface area (Å²) in [5.41, 5.74) is -0.364. The van der Waals surface area contributed by atoms with Crippen molar-refractivity contribution in [2.75, 3.05) is 6.61 Å². The summed E-state index contributed by atoms with van der Waals surface area (Å²) in [6.07, 6.45) is 1.53. The Morgan fingerprint density at radius 2 is 2.36 bits per heavy atom. The average molecular weight is 212 g/mol. The summed E-state index contributed by atoms with van der Waals surface area (Å²) in [5.74, 6) is 0. The molecule has 0 amide bonds. The van der Waals surface area contributed by atoms with Crippen molar-refractivity contribution in [1.82, 2.24) is 0 Å². The molecule has 0 aliphatic carbocycles. The number of aliphatic hydroxyl groups excluding tert-OH is 1. The van der Waals surface area contributed by atoms with Gasteiger partial charge in [0.2, 0.25) is 0 Å². The third kappa shape index (κ3) is 1.72. The molecule has 0 saturated carbocycles. The highest BCUT2D eigenvalue weighted by molar-refractivity contribution is 7.12. The lowest BCUT2D eigenvalue weighted by atomic mass is 9.94. The molecule has 2 atom stereocenters. The number of hydrogen-bond donors (Lipinski definition) is 1. The van der Waals surface area contributed by atoms with E-state index >= 15 is 0 Å². The van der Waals surface area contributed by atoms with Gasteiger partial charge in [-0.3, -0.25) is 0 Å². The maximum absolute atomic E-state index is 10.2. The largest absolute Gasteiger partial charge is 0.385 e. The van der Waals surface area contributed by atoms with E-state index in [1.807, 2.05) is 19.1 Å². The predicted octanol–water partition coefficient (Wildman–Crippen LogP) is 2.66. The lowest BCUT2D eigenvalue weighted by Gasteiger charge is -2.28. The minimum atomic E-state index is -0.469. The zero-order valence-corrected chi connectivity index (χ0v) is 9.43. The smallest absolute Gasteiger partial charge is 0.117 e. The molecule has 0 aromatic carbocycles. The fraction of sp³-hybridized carbons (Fsp3) is 0.636. The zero-order chi connectivity index (χ0) is 10.2.